The van der Waals surface area contributed by atoms with E-state index in [0.717, 1.165) is 43.3 Å². The van der Waals surface area contributed by atoms with Crippen LogP contribution in [0.3, 0.4) is 0 Å². The third-order valence-electron chi connectivity index (χ3n) is 5.14. The molecule has 0 aliphatic carbocycles. The number of fused-ring (bicyclic) bond motifs is 1. The van der Waals surface area contributed by atoms with Crippen LogP contribution < -0.4 is 5.32 Å². The largest absolute Gasteiger partial charge is 0.322 e. The number of aromatic nitrogens is 1. The summed E-state index contributed by atoms with van der Waals surface area (Å²) in [5, 5.41) is 4.88. The fourth-order valence-electron chi connectivity index (χ4n) is 3.66. The van der Waals surface area contributed by atoms with Crippen molar-refractivity contribution in [2.45, 2.75) is 20.8 Å². The van der Waals surface area contributed by atoms with Gasteiger partial charge in [-0.15, -0.1) is 0 Å². The van der Waals surface area contributed by atoms with E-state index in [0.29, 0.717) is 21.3 Å². The van der Waals surface area contributed by atoms with E-state index in [1.807, 2.05) is 51.1 Å². The van der Waals surface area contributed by atoms with Crippen LogP contribution in [0.15, 0.2) is 59.1 Å². The molecule has 0 unspecified atom stereocenters. The minimum atomic E-state index is -0.200. The van der Waals surface area contributed by atoms with Gasteiger partial charge in [0.2, 0.25) is 0 Å². The van der Waals surface area contributed by atoms with Crippen LogP contribution in [0.25, 0.3) is 22.2 Å². The monoisotopic (exact) mass is 512 g/mol. The Balaban J connectivity index is 1.90. The smallest absolute Gasteiger partial charge is 0.256 e. The summed E-state index contributed by atoms with van der Waals surface area (Å²) in [5.41, 5.74) is 6.45. The van der Waals surface area contributed by atoms with Crippen molar-refractivity contribution in [3.8, 4) is 11.3 Å². The molecule has 0 atom stereocenters. The van der Waals surface area contributed by atoms with Gasteiger partial charge in [-0.25, -0.2) is 4.98 Å². The van der Waals surface area contributed by atoms with Crippen LogP contribution in [0, 0.1) is 20.8 Å². The first-order valence-electron chi connectivity index (χ1n) is 9.68. The quantitative estimate of drug-likeness (QED) is 0.300. The maximum Gasteiger partial charge on any atom is 0.256 e. The van der Waals surface area contributed by atoms with Crippen LogP contribution in [0.1, 0.15) is 27.0 Å². The lowest BCUT2D eigenvalue weighted by Crippen LogP contribution is -2.14. The Kier molecular flexibility index (Phi) is 6.07. The zero-order valence-corrected chi connectivity index (χ0v) is 20.3. The highest BCUT2D eigenvalue weighted by Crippen LogP contribution is 2.33. The van der Waals surface area contributed by atoms with Gasteiger partial charge in [0.05, 0.1) is 21.8 Å². The van der Waals surface area contributed by atoms with E-state index >= 15 is 0 Å². The minimum Gasteiger partial charge on any atom is -0.322 e. The van der Waals surface area contributed by atoms with Crippen LogP contribution >= 0.6 is 39.1 Å². The van der Waals surface area contributed by atoms with E-state index in [4.69, 9.17) is 28.2 Å². The first kappa shape index (κ1) is 21.8. The molecule has 0 aliphatic heterocycles. The number of rotatable bonds is 3. The Morgan fingerprint density at radius 2 is 1.71 bits per heavy atom. The molecule has 3 aromatic carbocycles. The van der Waals surface area contributed by atoms with Crippen molar-refractivity contribution in [2.75, 3.05) is 5.32 Å². The van der Waals surface area contributed by atoms with E-state index in [9.17, 15) is 4.79 Å². The maximum atomic E-state index is 13.4. The second-order valence-electron chi connectivity index (χ2n) is 7.57. The van der Waals surface area contributed by atoms with Crippen LogP contribution in [0.2, 0.25) is 10.0 Å². The van der Waals surface area contributed by atoms with Crippen molar-refractivity contribution < 1.29 is 4.79 Å². The van der Waals surface area contributed by atoms with Crippen LogP contribution in [-0.4, -0.2) is 10.9 Å². The number of anilines is 1. The van der Waals surface area contributed by atoms with Gasteiger partial charge in [0.1, 0.15) is 0 Å². The molecule has 156 valence electrons. The molecule has 31 heavy (non-hydrogen) atoms. The third kappa shape index (κ3) is 4.47. The molecule has 4 rings (SSSR count). The number of hydrogen-bond donors (Lipinski definition) is 1. The second kappa shape index (κ2) is 8.62. The normalized spacial score (nSPS) is 11.0. The summed E-state index contributed by atoms with van der Waals surface area (Å²) in [7, 11) is 0. The van der Waals surface area contributed by atoms with Gasteiger partial charge in [0, 0.05) is 26.1 Å². The summed E-state index contributed by atoms with van der Waals surface area (Å²) in [5.74, 6) is -0.200. The van der Waals surface area contributed by atoms with Gasteiger partial charge in [0.25, 0.3) is 5.91 Å². The second-order valence-corrected chi connectivity index (χ2v) is 9.33. The first-order valence-corrected chi connectivity index (χ1v) is 11.2. The van der Waals surface area contributed by atoms with Gasteiger partial charge in [-0.2, -0.15) is 0 Å². The summed E-state index contributed by atoms with van der Waals surface area (Å²) in [6.07, 6.45) is 0. The number of pyridine rings is 1. The lowest BCUT2D eigenvalue weighted by molar-refractivity contribution is 0.102. The lowest BCUT2D eigenvalue weighted by atomic mass is 9.99. The van der Waals surface area contributed by atoms with Gasteiger partial charge in [-0.05, 0) is 80.4 Å². The Morgan fingerprint density at radius 1 is 0.935 bits per heavy atom. The molecule has 0 saturated carbocycles. The average molecular weight is 514 g/mol. The molecule has 0 aliphatic rings. The maximum absolute atomic E-state index is 13.4. The highest BCUT2D eigenvalue weighted by atomic mass is 79.9. The summed E-state index contributed by atoms with van der Waals surface area (Å²) in [4.78, 5) is 18.2. The van der Waals surface area contributed by atoms with E-state index in [1.54, 1.807) is 18.2 Å². The van der Waals surface area contributed by atoms with Crippen molar-refractivity contribution >= 4 is 61.6 Å². The number of carbonyl (C=O) groups excluding carboxylic acids is 1. The molecule has 0 spiro atoms. The number of benzene rings is 3. The molecular formula is C25H19BrCl2N2O. The number of nitrogens with zero attached hydrogens (tertiary/aromatic N) is 1. The third-order valence-corrected chi connectivity index (χ3v) is 6.18. The molecule has 1 aromatic heterocycles. The van der Waals surface area contributed by atoms with Crippen molar-refractivity contribution in [1.29, 1.82) is 0 Å². The van der Waals surface area contributed by atoms with E-state index in [2.05, 4.69) is 27.3 Å². The lowest BCUT2D eigenvalue weighted by Gasteiger charge is -2.14. The molecule has 3 nitrogen and oxygen atoms in total. The predicted molar refractivity (Wildman–Crippen MR) is 134 cm³/mol. The SMILES string of the molecule is Cc1cc(C)c2nc(-c3ccc(Cl)cc3Cl)cc(C(=O)Nc3ccc(Br)cc3C)c2c1. The van der Waals surface area contributed by atoms with Gasteiger partial charge in [-0.1, -0.05) is 50.8 Å². The molecule has 0 fully saturated rings. The number of nitrogens with one attached hydrogen (secondary N) is 1. The summed E-state index contributed by atoms with van der Waals surface area (Å²) >= 11 is 16.0. The fraction of sp³-hybridized carbons (Fsp3) is 0.120. The standard InChI is InChI=1S/C25H19BrCl2N2O/c1-13-8-15(3)24-19(9-13)20(25(31)30-22-7-4-16(26)10-14(22)2)12-23(29-24)18-6-5-17(27)11-21(18)28/h4-12H,1-3H3,(H,30,31). The van der Waals surface area contributed by atoms with Crippen molar-refractivity contribution in [3.05, 3.63) is 91.4 Å². The molecule has 0 saturated heterocycles. The van der Waals surface area contributed by atoms with Gasteiger partial charge in [-0.3, -0.25) is 4.79 Å². The topological polar surface area (TPSA) is 42.0 Å². The van der Waals surface area contributed by atoms with Crippen molar-refractivity contribution in [3.63, 3.8) is 0 Å². The van der Waals surface area contributed by atoms with Crippen LogP contribution in [-0.2, 0) is 0 Å². The van der Waals surface area contributed by atoms with Crippen LogP contribution in [0.4, 0.5) is 5.69 Å². The number of hydrogen-bond acceptors (Lipinski definition) is 2. The molecular weight excluding hydrogens is 495 g/mol. The van der Waals surface area contributed by atoms with E-state index < -0.39 is 0 Å². The highest BCUT2D eigenvalue weighted by molar-refractivity contribution is 9.10. The van der Waals surface area contributed by atoms with Crippen LogP contribution in [0.5, 0.6) is 0 Å². The Morgan fingerprint density at radius 3 is 2.42 bits per heavy atom. The average Bonchev–Trinajstić information content (AvgIpc) is 2.69. The Bertz CT molecular complexity index is 1350. The number of amides is 1. The highest BCUT2D eigenvalue weighted by Gasteiger charge is 2.18. The van der Waals surface area contributed by atoms with Crippen molar-refractivity contribution in [2.24, 2.45) is 0 Å². The summed E-state index contributed by atoms with van der Waals surface area (Å²) in [6.45, 7) is 5.96. The zero-order chi connectivity index (χ0) is 22.3. The van der Waals surface area contributed by atoms with Gasteiger partial charge in [0.15, 0.2) is 0 Å². The van der Waals surface area contributed by atoms with Gasteiger partial charge < -0.3 is 5.32 Å². The fourth-order valence-corrected chi connectivity index (χ4v) is 4.64. The molecule has 6 heteroatoms. The molecule has 4 aromatic rings. The predicted octanol–water partition coefficient (Wildman–Crippen LogP) is 8.15. The molecule has 0 bridgehead atoms. The number of halogens is 3. The molecule has 1 heterocycles. The number of aryl methyl sites for hydroxylation is 3. The summed E-state index contributed by atoms with van der Waals surface area (Å²) in [6, 6.07) is 16.9. The Labute approximate surface area is 199 Å². The molecule has 1 amide bonds. The molecule has 0 radical (unpaired) electrons. The zero-order valence-electron chi connectivity index (χ0n) is 17.2. The van der Waals surface area contributed by atoms with Gasteiger partial charge >= 0.3 is 0 Å². The summed E-state index contributed by atoms with van der Waals surface area (Å²) < 4.78 is 0.961. The number of carbonyl (C=O) groups is 1. The van der Waals surface area contributed by atoms with Crippen molar-refractivity contribution in [1.82, 2.24) is 4.98 Å². The first-order chi connectivity index (χ1) is 14.7. The Hall–Kier alpha value is -2.40. The molecule has 1 N–H and O–H groups in total. The minimum absolute atomic E-state index is 0.200. The van der Waals surface area contributed by atoms with E-state index in [1.165, 1.54) is 0 Å². The van der Waals surface area contributed by atoms with E-state index in [-0.39, 0.29) is 5.91 Å².